The third-order valence-electron chi connectivity index (χ3n) is 2.96. The van der Waals surface area contributed by atoms with Gasteiger partial charge in [-0.05, 0) is 38.4 Å². The van der Waals surface area contributed by atoms with Crippen LogP contribution in [0.2, 0.25) is 0 Å². The van der Waals surface area contributed by atoms with Gasteiger partial charge in [-0.15, -0.1) is 0 Å². The van der Waals surface area contributed by atoms with E-state index in [1.54, 1.807) is 7.11 Å². The molecule has 0 aliphatic rings. The van der Waals surface area contributed by atoms with Crippen molar-refractivity contribution in [1.29, 1.82) is 0 Å². The summed E-state index contributed by atoms with van der Waals surface area (Å²) in [5, 5.41) is 0. The summed E-state index contributed by atoms with van der Waals surface area (Å²) in [5.41, 5.74) is 1.44. The molecule has 1 unspecified atom stereocenters. The van der Waals surface area contributed by atoms with E-state index in [1.807, 2.05) is 0 Å². The van der Waals surface area contributed by atoms with Crippen LogP contribution in [0, 0.1) is 0 Å². The monoisotopic (exact) mass is 313 g/mol. The van der Waals surface area contributed by atoms with Gasteiger partial charge in [-0.25, -0.2) is 0 Å². The topological polar surface area (TPSA) is 12.5 Å². The van der Waals surface area contributed by atoms with Crippen molar-refractivity contribution < 1.29 is 4.74 Å². The predicted octanol–water partition coefficient (Wildman–Crippen LogP) is 3.35. The molecule has 0 amide bonds. The fourth-order valence-electron chi connectivity index (χ4n) is 2.02. The quantitative estimate of drug-likeness (QED) is 0.512. The number of methoxy groups -OCH3 is 1. The standard InChI is InChI=1S/C15H24BrNO/c1-17(12-15(16)13-18-2)11-7-6-10-14-8-4-3-5-9-14/h3-5,8-9,15H,6-7,10-13H2,1-2H3. The van der Waals surface area contributed by atoms with E-state index in [-0.39, 0.29) is 0 Å². The van der Waals surface area contributed by atoms with Crippen molar-refractivity contribution in [1.82, 2.24) is 4.90 Å². The summed E-state index contributed by atoms with van der Waals surface area (Å²) in [6.07, 6.45) is 3.69. The van der Waals surface area contributed by atoms with Crippen molar-refractivity contribution in [3.63, 3.8) is 0 Å². The first kappa shape index (κ1) is 15.7. The van der Waals surface area contributed by atoms with Gasteiger partial charge in [-0.2, -0.15) is 0 Å². The number of hydrogen-bond donors (Lipinski definition) is 0. The Kier molecular flexibility index (Phi) is 8.31. The van der Waals surface area contributed by atoms with Crippen LogP contribution in [-0.4, -0.2) is 43.6 Å². The molecule has 3 heteroatoms. The first-order valence-electron chi connectivity index (χ1n) is 6.58. The average molecular weight is 314 g/mol. The molecule has 0 heterocycles. The lowest BCUT2D eigenvalue weighted by molar-refractivity contribution is 0.185. The van der Waals surface area contributed by atoms with Crippen LogP contribution < -0.4 is 0 Å². The molecule has 1 aromatic rings. The maximum absolute atomic E-state index is 5.11. The molecule has 0 saturated carbocycles. The highest BCUT2D eigenvalue weighted by Crippen LogP contribution is 2.06. The second kappa shape index (κ2) is 9.54. The molecule has 0 N–H and O–H groups in total. The Morgan fingerprint density at radius 2 is 1.94 bits per heavy atom. The Morgan fingerprint density at radius 3 is 2.61 bits per heavy atom. The highest BCUT2D eigenvalue weighted by Gasteiger charge is 2.07. The van der Waals surface area contributed by atoms with Crippen molar-refractivity contribution in [2.24, 2.45) is 0 Å². The van der Waals surface area contributed by atoms with Crippen molar-refractivity contribution in [3.05, 3.63) is 35.9 Å². The van der Waals surface area contributed by atoms with Crippen molar-refractivity contribution >= 4 is 15.9 Å². The first-order valence-corrected chi connectivity index (χ1v) is 7.49. The Morgan fingerprint density at radius 1 is 1.22 bits per heavy atom. The maximum Gasteiger partial charge on any atom is 0.0600 e. The van der Waals surface area contributed by atoms with E-state index in [0.717, 1.165) is 19.7 Å². The number of nitrogens with zero attached hydrogens (tertiary/aromatic N) is 1. The molecule has 0 aliphatic heterocycles. The van der Waals surface area contributed by atoms with E-state index < -0.39 is 0 Å². The van der Waals surface area contributed by atoms with Gasteiger partial charge in [0.25, 0.3) is 0 Å². The second-order valence-electron chi connectivity index (χ2n) is 4.76. The van der Waals surface area contributed by atoms with E-state index in [9.17, 15) is 0 Å². The van der Waals surface area contributed by atoms with Crippen LogP contribution in [0.4, 0.5) is 0 Å². The van der Waals surface area contributed by atoms with Gasteiger partial charge in [-0.3, -0.25) is 0 Å². The molecule has 0 fully saturated rings. The zero-order valence-electron chi connectivity index (χ0n) is 11.4. The zero-order valence-corrected chi connectivity index (χ0v) is 13.0. The molecule has 102 valence electrons. The summed E-state index contributed by atoms with van der Waals surface area (Å²) >= 11 is 3.62. The van der Waals surface area contributed by atoms with E-state index in [4.69, 9.17) is 4.74 Å². The number of unbranched alkanes of at least 4 members (excludes halogenated alkanes) is 1. The van der Waals surface area contributed by atoms with Crippen LogP contribution in [-0.2, 0) is 11.2 Å². The van der Waals surface area contributed by atoms with Crippen LogP contribution in [0.1, 0.15) is 18.4 Å². The molecule has 0 aromatic heterocycles. The number of halogens is 1. The van der Waals surface area contributed by atoms with Gasteiger partial charge in [0, 0.05) is 13.7 Å². The van der Waals surface area contributed by atoms with Gasteiger partial charge < -0.3 is 9.64 Å². The van der Waals surface area contributed by atoms with E-state index in [0.29, 0.717) is 4.83 Å². The molecule has 0 saturated heterocycles. The molecule has 0 aliphatic carbocycles. The second-order valence-corrected chi connectivity index (χ2v) is 6.05. The number of alkyl halides is 1. The molecule has 1 atom stereocenters. The molecule has 0 bridgehead atoms. The van der Waals surface area contributed by atoms with E-state index in [2.05, 4.69) is 58.2 Å². The zero-order chi connectivity index (χ0) is 13.2. The van der Waals surface area contributed by atoms with Crippen LogP contribution >= 0.6 is 15.9 Å². The summed E-state index contributed by atoms with van der Waals surface area (Å²) in [6.45, 7) is 2.96. The Hall–Kier alpha value is -0.380. The van der Waals surface area contributed by atoms with Crippen LogP contribution in [0.15, 0.2) is 30.3 Å². The van der Waals surface area contributed by atoms with Crippen LogP contribution in [0.5, 0.6) is 0 Å². The van der Waals surface area contributed by atoms with Crippen LogP contribution in [0.3, 0.4) is 0 Å². The van der Waals surface area contributed by atoms with Crippen molar-refractivity contribution in [3.8, 4) is 0 Å². The smallest absolute Gasteiger partial charge is 0.0600 e. The summed E-state index contributed by atoms with van der Waals surface area (Å²) in [6, 6.07) is 10.7. The minimum atomic E-state index is 0.432. The third kappa shape index (κ3) is 7.14. The summed E-state index contributed by atoms with van der Waals surface area (Å²) in [7, 11) is 3.92. The van der Waals surface area contributed by atoms with Gasteiger partial charge in [0.05, 0.1) is 11.4 Å². The summed E-state index contributed by atoms with van der Waals surface area (Å²) in [5.74, 6) is 0. The van der Waals surface area contributed by atoms with Gasteiger partial charge in [-0.1, -0.05) is 46.3 Å². The predicted molar refractivity (Wildman–Crippen MR) is 81.5 cm³/mol. The van der Waals surface area contributed by atoms with Gasteiger partial charge in [0.2, 0.25) is 0 Å². The summed E-state index contributed by atoms with van der Waals surface area (Å²) < 4.78 is 5.11. The number of rotatable bonds is 9. The maximum atomic E-state index is 5.11. The normalized spacial score (nSPS) is 12.9. The minimum Gasteiger partial charge on any atom is -0.383 e. The molecular formula is C15H24BrNO. The van der Waals surface area contributed by atoms with Crippen molar-refractivity contribution in [2.45, 2.75) is 24.1 Å². The summed E-state index contributed by atoms with van der Waals surface area (Å²) in [4.78, 5) is 2.80. The molecule has 0 spiro atoms. The van der Waals surface area contributed by atoms with Gasteiger partial charge in [0.1, 0.15) is 0 Å². The Labute approximate surface area is 119 Å². The number of ether oxygens (including phenoxy) is 1. The van der Waals surface area contributed by atoms with Gasteiger partial charge in [0.15, 0.2) is 0 Å². The number of hydrogen-bond acceptors (Lipinski definition) is 2. The minimum absolute atomic E-state index is 0.432. The lowest BCUT2D eigenvalue weighted by Gasteiger charge is -2.19. The molecule has 1 aromatic carbocycles. The number of benzene rings is 1. The third-order valence-corrected chi connectivity index (χ3v) is 3.51. The fourth-order valence-corrected chi connectivity index (χ4v) is 2.78. The SMILES string of the molecule is COCC(Br)CN(C)CCCCc1ccccc1. The first-order chi connectivity index (χ1) is 8.72. The van der Waals surface area contributed by atoms with Crippen LogP contribution in [0.25, 0.3) is 0 Å². The Balaban J connectivity index is 2.07. The van der Waals surface area contributed by atoms with E-state index in [1.165, 1.54) is 24.8 Å². The van der Waals surface area contributed by atoms with Gasteiger partial charge >= 0.3 is 0 Å². The average Bonchev–Trinajstić information content (AvgIpc) is 2.36. The molecular weight excluding hydrogens is 290 g/mol. The molecule has 1 rings (SSSR count). The van der Waals surface area contributed by atoms with Crippen molar-refractivity contribution in [2.75, 3.05) is 33.9 Å². The highest BCUT2D eigenvalue weighted by molar-refractivity contribution is 9.09. The molecule has 18 heavy (non-hydrogen) atoms. The lowest BCUT2D eigenvalue weighted by Crippen LogP contribution is -2.29. The molecule has 2 nitrogen and oxygen atoms in total. The van der Waals surface area contributed by atoms with E-state index >= 15 is 0 Å². The number of aryl methyl sites for hydroxylation is 1. The molecule has 0 radical (unpaired) electrons. The highest BCUT2D eigenvalue weighted by atomic mass is 79.9. The largest absolute Gasteiger partial charge is 0.383 e. The lowest BCUT2D eigenvalue weighted by atomic mass is 10.1. The Bertz CT molecular complexity index is 305. The fraction of sp³-hybridized carbons (Fsp3) is 0.600.